The first-order chi connectivity index (χ1) is 13.5. The second kappa shape index (κ2) is 19.2. The molecule has 6 nitrogen and oxygen atoms in total. The molecule has 0 rings (SSSR count). The first-order valence-corrected chi connectivity index (χ1v) is 11.9. The zero-order valence-corrected chi connectivity index (χ0v) is 18.3. The Bertz CT molecular complexity index is 468. The van der Waals surface area contributed by atoms with Gasteiger partial charge in [0.25, 0.3) is 0 Å². The molecule has 7 heteroatoms. The van der Waals surface area contributed by atoms with E-state index < -0.39 is 32.2 Å². The molecule has 28 heavy (non-hydrogen) atoms. The number of unbranched alkanes of at least 4 members (excludes halogenated alkanes) is 11. The van der Waals surface area contributed by atoms with Crippen LogP contribution in [0.3, 0.4) is 0 Å². The van der Waals surface area contributed by atoms with Crippen LogP contribution in [0.25, 0.3) is 0 Å². The minimum atomic E-state index is -2.70. The number of nitrogens with two attached hydrogens (primary N) is 1. The molecule has 0 aromatic heterocycles. The van der Waals surface area contributed by atoms with Crippen molar-refractivity contribution in [2.45, 2.75) is 103 Å². The van der Waals surface area contributed by atoms with E-state index in [1.54, 1.807) is 0 Å². The van der Waals surface area contributed by atoms with Crippen LogP contribution in [0.4, 0.5) is 0 Å². The molecule has 0 aromatic carbocycles. The van der Waals surface area contributed by atoms with Gasteiger partial charge in [-0.2, -0.15) is 0 Å². The van der Waals surface area contributed by atoms with E-state index in [0.29, 0.717) is 6.42 Å². The van der Waals surface area contributed by atoms with Gasteiger partial charge in [0.05, 0.1) is 13.0 Å². The summed E-state index contributed by atoms with van der Waals surface area (Å²) in [5.41, 5.74) is 4.65. The maximum absolute atomic E-state index is 11.6. The van der Waals surface area contributed by atoms with Crippen molar-refractivity contribution in [1.82, 2.24) is 0 Å². The molecule has 0 saturated carbocycles. The Labute approximate surface area is 171 Å². The van der Waals surface area contributed by atoms with Crippen LogP contribution >= 0.6 is 8.03 Å². The van der Waals surface area contributed by atoms with Crippen LogP contribution in [0.2, 0.25) is 0 Å². The molecule has 3 N–H and O–H groups in total. The van der Waals surface area contributed by atoms with Gasteiger partial charge in [-0.25, -0.2) is 14.1 Å². The van der Waals surface area contributed by atoms with Gasteiger partial charge in [-0.05, 0) is 36.7 Å². The topological polar surface area (TPSA) is 107 Å². The van der Waals surface area contributed by atoms with Crippen LogP contribution in [-0.4, -0.2) is 29.2 Å². The van der Waals surface area contributed by atoms with E-state index in [0.717, 1.165) is 32.1 Å². The van der Waals surface area contributed by atoms with Gasteiger partial charge in [0.2, 0.25) is 0 Å². The van der Waals surface area contributed by atoms with E-state index in [1.165, 1.54) is 44.9 Å². The van der Waals surface area contributed by atoms with E-state index >= 15 is 0 Å². The number of rotatable bonds is 19. The molecule has 162 valence electrons. The Morgan fingerprint density at radius 2 is 1.43 bits per heavy atom. The van der Waals surface area contributed by atoms with Crippen molar-refractivity contribution in [3.05, 3.63) is 12.2 Å². The maximum atomic E-state index is 11.6. The zero-order chi connectivity index (χ0) is 21.0. The Morgan fingerprint density at radius 3 is 1.96 bits per heavy atom. The van der Waals surface area contributed by atoms with Gasteiger partial charge in [-0.15, -0.1) is 0 Å². The highest BCUT2D eigenvalue weighted by atomic mass is 31.1. The summed E-state index contributed by atoms with van der Waals surface area (Å²) in [7, 11) is -2.70. The molecule has 2 atom stereocenters. The molecule has 0 heterocycles. The van der Waals surface area contributed by atoms with Gasteiger partial charge in [0, 0.05) is 0 Å². The van der Waals surface area contributed by atoms with Crippen molar-refractivity contribution in [3.63, 3.8) is 0 Å². The van der Waals surface area contributed by atoms with Crippen LogP contribution < -0.4 is 5.73 Å². The SMILES string of the molecule is CCCCCCCC/C=C\CCCCCCCC(=O)[P+](=O)OC(=O)[C@@H](N)CO. The minimum Gasteiger partial charge on any atom is -0.394 e. The van der Waals surface area contributed by atoms with Crippen molar-refractivity contribution in [2.24, 2.45) is 5.73 Å². The monoisotopic (exact) mass is 416 g/mol. The van der Waals surface area contributed by atoms with Crippen LogP contribution in [0, 0.1) is 0 Å². The van der Waals surface area contributed by atoms with Crippen molar-refractivity contribution in [3.8, 4) is 0 Å². The first kappa shape index (κ1) is 26.9. The molecular formula is C21H39NO5P+. The second-order valence-electron chi connectivity index (χ2n) is 7.18. The van der Waals surface area contributed by atoms with E-state index in [2.05, 4.69) is 23.6 Å². The molecular weight excluding hydrogens is 377 g/mol. The number of hydrogen-bond acceptors (Lipinski definition) is 6. The predicted octanol–water partition coefficient (Wildman–Crippen LogP) is 5.16. The quantitative estimate of drug-likeness (QED) is 0.171. The average molecular weight is 417 g/mol. The Morgan fingerprint density at radius 1 is 0.929 bits per heavy atom. The normalized spacial score (nSPS) is 12.9. The van der Waals surface area contributed by atoms with Gasteiger partial charge in [0.1, 0.15) is 6.04 Å². The summed E-state index contributed by atoms with van der Waals surface area (Å²) in [4.78, 5) is 22.9. The van der Waals surface area contributed by atoms with E-state index in [9.17, 15) is 14.2 Å². The lowest BCUT2D eigenvalue weighted by atomic mass is 10.1. The molecule has 0 fully saturated rings. The summed E-state index contributed by atoms with van der Waals surface area (Å²) in [6.45, 7) is 1.63. The Hall–Kier alpha value is -1.10. The smallest absolute Gasteiger partial charge is 0.394 e. The fourth-order valence-electron chi connectivity index (χ4n) is 2.71. The standard InChI is InChI=1S/C21H39NO5P/c1-2-3-4-5-6-7-8-9-10-11-12-13-14-15-16-17-20(24)28(26)27-21(25)19(22)18-23/h9-10,19,23H,2-8,11-18,22H2,1H3/q+1/b10-9-/t19-/m0/s1. The number of aliphatic hydroxyl groups excluding tert-OH is 1. The lowest BCUT2D eigenvalue weighted by Gasteiger charge is -2.00. The third-order valence-electron chi connectivity index (χ3n) is 4.53. The highest BCUT2D eigenvalue weighted by Gasteiger charge is 2.35. The summed E-state index contributed by atoms with van der Waals surface area (Å²) < 4.78 is 16.0. The van der Waals surface area contributed by atoms with E-state index in [1.807, 2.05) is 0 Å². The summed E-state index contributed by atoms with van der Waals surface area (Å²) in [5.74, 6) is -1.01. The third-order valence-corrected chi connectivity index (χ3v) is 5.51. The molecule has 0 amide bonds. The van der Waals surface area contributed by atoms with Crippen LogP contribution in [0.1, 0.15) is 96.8 Å². The van der Waals surface area contributed by atoms with Gasteiger partial charge >= 0.3 is 19.5 Å². The van der Waals surface area contributed by atoms with Gasteiger partial charge in [-0.1, -0.05) is 70.4 Å². The van der Waals surface area contributed by atoms with E-state index in [-0.39, 0.29) is 6.42 Å². The lowest BCUT2D eigenvalue weighted by Crippen LogP contribution is -2.34. The Kier molecular flexibility index (Phi) is 18.5. The number of carbonyl (C=O) groups is 2. The van der Waals surface area contributed by atoms with Crippen LogP contribution in [0.5, 0.6) is 0 Å². The van der Waals surface area contributed by atoms with Crippen LogP contribution in [0.15, 0.2) is 12.2 Å². The summed E-state index contributed by atoms with van der Waals surface area (Å²) in [6, 6.07) is -1.26. The zero-order valence-electron chi connectivity index (χ0n) is 17.4. The molecule has 0 aliphatic heterocycles. The van der Waals surface area contributed by atoms with E-state index in [4.69, 9.17) is 10.8 Å². The van der Waals surface area contributed by atoms with Crippen LogP contribution in [-0.2, 0) is 18.7 Å². The van der Waals surface area contributed by atoms with Gasteiger partial charge < -0.3 is 10.8 Å². The van der Waals surface area contributed by atoms with Crippen molar-refractivity contribution in [1.29, 1.82) is 0 Å². The average Bonchev–Trinajstić information content (AvgIpc) is 2.69. The van der Waals surface area contributed by atoms with Crippen molar-refractivity contribution in [2.75, 3.05) is 6.61 Å². The van der Waals surface area contributed by atoms with Gasteiger partial charge in [-0.3, -0.25) is 0 Å². The molecule has 0 aliphatic rings. The molecule has 1 unspecified atom stereocenters. The fourth-order valence-corrected chi connectivity index (χ4v) is 3.45. The summed E-state index contributed by atoms with van der Waals surface area (Å²) in [5, 5.41) is 8.70. The summed E-state index contributed by atoms with van der Waals surface area (Å²) in [6.07, 6.45) is 19.8. The number of aliphatic hydroxyl groups is 1. The first-order valence-electron chi connectivity index (χ1n) is 10.8. The minimum absolute atomic E-state index is 0.134. The highest BCUT2D eigenvalue weighted by Crippen LogP contribution is 2.27. The van der Waals surface area contributed by atoms with Crippen molar-refractivity contribution < 1.29 is 23.8 Å². The maximum Gasteiger partial charge on any atom is 0.639 e. The predicted molar refractivity (Wildman–Crippen MR) is 113 cm³/mol. The number of carbonyl (C=O) groups excluding carboxylic acids is 2. The molecule has 0 bridgehead atoms. The largest absolute Gasteiger partial charge is 0.639 e. The Balaban J connectivity index is 3.49. The fraction of sp³-hybridized carbons (Fsp3) is 0.810. The molecule has 0 radical (unpaired) electrons. The van der Waals surface area contributed by atoms with Gasteiger partial charge in [0.15, 0.2) is 0 Å². The number of allylic oxidation sites excluding steroid dienone is 2. The van der Waals surface area contributed by atoms with Crippen molar-refractivity contribution >= 4 is 19.5 Å². The lowest BCUT2D eigenvalue weighted by molar-refractivity contribution is -0.137. The number of hydrogen-bond donors (Lipinski definition) is 2. The summed E-state index contributed by atoms with van der Waals surface area (Å²) >= 11 is 0. The molecule has 0 aliphatic carbocycles. The second-order valence-corrected chi connectivity index (χ2v) is 8.38. The molecule has 0 spiro atoms. The molecule has 0 saturated heterocycles. The highest BCUT2D eigenvalue weighted by molar-refractivity contribution is 7.59. The third kappa shape index (κ3) is 15.9. The molecule has 0 aromatic rings.